The van der Waals surface area contributed by atoms with Gasteiger partial charge in [0.1, 0.15) is 0 Å². The molecule has 2 amide bonds. The lowest BCUT2D eigenvalue weighted by Gasteiger charge is -2.26. The fourth-order valence-electron chi connectivity index (χ4n) is 1.77. The molecule has 2 heterocycles. The Morgan fingerprint density at radius 1 is 1.53 bits per heavy atom. The van der Waals surface area contributed by atoms with Gasteiger partial charge in [-0.05, 0) is 11.4 Å². The number of thiophene rings is 1. The van der Waals surface area contributed by atoms with Gasteiger partial charge in [-0.1, -0.05) is 11.8 Å². The summed E-state index contributed by atoms with van der Waals surface area (Å²) in [5.41, 5.74) is 6.30. The number of hydrogen-bond acceptors (Lipinski definition) is 4. The zero-order valence-electron chi connectivity index (χ0n) is 10.6. The topological polar surface area (TPSA) is 67.6 Å². The van der Waals surface area contributed by atoms with Gasteiger partial charge in [-0.15, -0.1) is 11.3 Å². The van der Waals surface area contributed by atoms with Crippen LogP contribution in [0, 0.1) is 11.8 Å². The maximum atomic E-state index is 11.9. The maximum absolute atomic E-state index is 11.9. The van der Waals surface area contributed by atoms with Crippen molar-refractivity contribution < 1.29 is 9.53 Å². The molecule has 0 saturated carbocycles. The lowest BCUT2D eigenvalue weighted by atomic mass is 10.2. The van der Waals surface area contributed by atoms with E-state index in [2.05, 4.69) is 17.2 Å². The average Bonchev–Trinajstić information content (AvgIpc) is 2.91. The first-order chi connectivity index (χ1) is 9.31. The van der Waals surface area contributed by atoms with Crippen LogP contribution in [0.3, 0.4) is 0 Å². The molecule has 2 rings (SSSR count). The molecule has 1 aromatic heterocycles. The van der Waals surface area contributed by atoms with Crippen LogP contribution in [0.5, 0.6) is 0 Å². The van der Waals surface area contributed by atoms with Crippen LogP contribution in [0.4, 0.5) is 4.79 Å². The van der Waals surface area contributed by atoms with Gasteiger partial charge in [0.2, 0.25) is 0 Å². The SMILES string of the molecule is NCC#Cc1ccsc1CNC(=O)N1CCOCC1. The van der Waals surface area contributed by atoms with Crippen molar-refractivity contribution in [2.24, 2.45) is 5.73 Å². The van der Waals surface area contributed by atoms with E-state index in [0.29, 0.717) is 39.4 Å². The molecule has 3 N–H and O–H groups in total. The van der Waals surface area contributed by atoms with Gasteiger partial charge < -0.3 is 20.7 Å². The van der Waals surface area contributed by atoms with Crippen molar-refractivity contribution in [1.29, 1.82) is 0 Å². The van der Waals surface area contributed by atoms with Gasteiger partial charge >= 0.3 is 6.03 Å². The van der Waals surface area contributed by atoms with E-state index in [1.54, 1.807) is 16.2 Å². The van der Waals surface area contributed by atoms with E-state index in [-0.39, 0.29) is 6.03 Å². The molecule has 19 heavy (non-hydrogen) atoms. The zero-order valence-corrected chi connectivity index (χ0v) is 11.5. The Labute approximate surface area is 116 Å². The summed E-state index contributed by atoms with van der Waals surface area (Å²) >= 11 is 1.59. The summed E-state index contributed by atoms with van der Waals surface area (Å²) in [5.74, 6) is 5.83. The van der Waals surface area contributed by atoms with Crippen LogP contribution in [0.25, 0.3) is 0 Å². The number of rotatable bonds is 2. The van der Waals surface area contributed by atoms with Crippen molar-refractivity contribution in [1.82, 2.24) is 10.2 Å². The molecule has 0 radical (unpaired) electrons. The summed E-state index contributed by atoms with van der Waals surface area (Å²) < 4.78 is 5.21. The van der Waals surface area contributed by atoms with Crippen molar-refractivity contribution in [2.45, 2.75) is 6.54 Å². The van der Waals surface area contributed by atoms with E-state index in [1.165, 1.54) is 0 Å². The van der Waals surface area contributed by atoms with Gasteiger partial charge in [0.25, 0.3) is 0 Å². The summed E-state index contributed by atoms with van der Waals surface area (Å²) in [6.07, 6.45) is 0. The minimum absolute atomic E-state index is 0.0468. The molecule has 5 nitrogen and oxygen atoms in total. The normalized spacial score (nSPS) is 14.7. The lowest BCUT2D eigenvalue weighted by Crippen LogP contribution is -2.45. The van der Waals surface area contributed by atoms with Crippen LogP contribution in [0.1, 0.15) is 10.4 Å². The maximum Gasteiger partial charge on any atom is 0.317 e. The van der Waals surface area contributed by atoms with Crippen LogP contribution < -0.4 is 11.1 Å². The number of hydrogen-bond donors (Lipinski definition) is 2. The fourth-order valence-corrected chi connectivity index (χ4v) is 2.54. The largest absolute Gasteiger partial charge is 0.378 e. The number of ether oxygens (including phenoxy) is 1. The first-order valence-electron chi connectivity index (χ1n) is 6.17. The first-order valence-corrected chi connectivity index (χ1v) is 7.05. The molecule has 0 aliphatic carbocycles. The van der Waals surface area contributed by atoms with Crippen molar-refractivity contribution >= 4 is 17.4 Å². The second-order valence-electron chi connectivity index (χ2n) is 4.02. The highest BCUT2D eigenvalue weighted by Gasteiger charge is 2.16. The molecular formula is C13H17N3O2S. The van der Waals surface area contributed by atoms with E-state index < -0.39 is 0 Å². The molecule has 0 atom stereocenters. The minimum atomic E-state index is -0.0468. The van der Waals surface area contributed by atoms with Crippen LogP contribution in [-0.4, -0.2) is 43.8 Å². The van der Waals surface area contributed by atoms with Gasteiger partial charge in [-0.25, -0.2) is 4.79 Å². The predicted octanol–water partition coefficient (Wildman–Crippen LogP) is 0.600. The summed E-state index contributed by atoms with van der Waals surface area (Å²) in [4.78, 5) is 14.8. The molecule has 1 aliphatic heterocycles. The minimum Gasteiger partial charge on any atom is -0.378 e. The van der Waals surface area contributed by atoms with Crippen LogP contribution in [-0.2, 0) is 11.3 Å². The standard InChI is InChI=1S/C13H17N3O2S/c14-4-1-2-11-3-9-19-12(11)10-15-13(17)16-5-7-18-8-6-16/h3,9H,4-8,10,14H2,(H,15,17). The Kier molecular flexibility index (Phi) is 5.21. The average molecular weight is 279 g/mol. The third-order valence-corrected chi connectivity index (χ3v) is 3.69. The summed E-state index contributed by atoms with van der Waals surface area (Å²) in [5, 5.41) is 4.88. The second kappa shape index (κ2) is 7.14. The first kappa shape index (κ1) is 13.9. The van der Waals surface area contributed by atoms with Crippen molar-refractivity contribution in [3.63, 3.8) is 0 Å². The zero-order chi connectivity index (χ0) is 13.5. The smallest absolute Gasteiger partial charge is 0.317 e. The molecule has 0 aromatic carbocycles. The van der Waals surface area contributed by atoms with Gasteiger partial charge in [0, 0.05) is 23.5 Å². The Balaban J connectivity index is 1.88. The number of amides is 2. The number of nitrogens with one attached hydrogen (secondary N) is 1. The van der Waals surface area contributed by atoms with Crippen LogP contribution in [0.2, 0.25) is 0 Å². The quantitative estimate of drug-likeness (QED) is 0.779. The molecule has 1 aromatic rings. The van der Waals surface area contributed by atoms with Crippen molar-refractivity contribution in [2.75, 3.05) is 32.8 Å². The summed E-state index contributed by atoms with van der Waals surface area (Å²) in [6, 6.07) is 1.90. The van der Waals surface area contributed by atoms with E-state index in [9.17, 15) is 4.79 Å². The van der Waals surface area contributed by atoms with Crippen LogP contribution in [0.15, 0.2) is 11.4 Å². The Bertz CT molecular complexity index is 484. The molecule has 1 aliphatic rings. The molecule has 0 unspecified atom stereocenters. The Morgan fingerprint density at radius 3 is 3.05 bits per heavy atom. The number of morpholine rings is 1. The van der Waals surface area contributed by atoms with Gasteiger partial charge in [-0.3, -0.25) is 0 Å². The Hall–Kier alpha value is -1.55. The molecule has 102 valence electrons. The number of carbonyl (C=O) groups excluding carboxylic acids is 1. The van der Waals surface area contributed by atoms with Crippen molar-refractivity contribution in [3.8, 4) is 11.8 Å². The molecule has 1 fully saturated rings. The van der Waals surface area contributed by atoms with Gasteiger partial charge in [-0.2, -0.15) is 0 Å². The van der Waals surface area contributed by atoms with Crippen molar-refractivity contribution in [3.05, 3.63) is 21.9 Å². The number of carbonyl (C=O) groups is 1. The Morgan fingerprint density at radius 2 is 2.32 bits per heavy atom. The highest BCUT2D eigenvalue weighted by Crippen LogP contribution is 2.15. The number of nitrogens with zero attached hydrogens (tertiary/aromatic N) is 1. The second-order valence-corrected chi connectivity index (χ2v) is 5.02. The van der Waals surface area contributed by atoms with E-state index >= 15 is 0 Å². The predicted molar refractivity (Wildman–Crippen MR) is 74.9 cm³/mol. The number of nitrogens with two attached hydrogens (primary N) is 1. The summed E-state index contributed by atoms with van der Waals surface area (Å²) in [6.45, 7) is 3.36. The van der Waals surface area contributed by atoms with E-state index in [1.807, 2.05) is 11.4 Å². The molecule has 1 saturated heterocycles. The monoisotopic (exact) mass is 279 g/mol. The molecule has 6 heteroatoms. The lowest BCUT2D eigenvalue weighted by molar-refractivity contribution is 0.0531. The van der Waals surface area contributed by atoms with Crippen LogP contribution >= 0.6 is 11.3 Å². The molecule has 0 spiro atoms. The highest BCUT2D eigenvalue weighted by atomic mass is 32.1. The van der Waals surface area contributed by atoms with Gasteiger partial charge in [0.15, 0.2) is 0 Å². The molecular weight excluding hydrogens is 262 g/mol. The summed E-state index contributed by atoms with van der Waals surface area (Å²) in [7, 11) is 0. The third-order valence-electron chi connectivity index (χ3n) is 2.77. The fraction of sp³-hybridized carbons (Fsp3) is 0.462. The molecule has 0 bridgehead atoms. The van der Waals surface area contributed by atoms with Gasteiger partial charge in [0.05, 0.1) is 26.3 Å². The highest BCUT2D eigenvalue weighted by molar-refractivity contribution is 7.10. The van der Waals surface area contributed by atoms with E-state index in [4.69, 9.17) is 10.5 Å². The number of urea groups is 1. The third kappa shape index (κ3) is 3.96. The van der Waals surface area contributed by atoms with E-state index in [0.717, 1.165) is 10.4 Å².